The molecule has 2 rings (SSSR count). The molecule has 2 aromatic rings. The van der Waals surface area contributed by atoms with Crippen LogP contribution in [0.25, 0.3) is 0 Å². The van der Waals surface area contributed by atoms with Gasteiger partial charge in [-0.3, -0.25) is 0 Å². The standard InChI is InChI=1S/C17H18Cl3NO2.ClH/c1-3-22-16-7-11(9-21-2)6-15(20)17(16)23-10-12-4-5-13(18)8-14(12)19;/h4-8,21H,3,9-10H2,1-2H3;1H. The largest absolute Gasteiger partial charge is 0.490 e. The monoisotopic (exact) mass is 409 g/mol. The van der Waals surface area contributed by atoms with Crippen LogP contribution in [0.15, 0.2) is 30.3 Å². The second kappa shape index (κ2) is 10.2. The fraction of sp³-hybridized carbons (Fsp3) is 0.294. The zero-order chi connectivity index (χ0) is 16.8. The average molecular weight is 411 g/mol. The molecule has 0 aromatic heterocycles. The third-order valence-electron chi connectivity index (χ3n) is 3.14. The number of hydrogen-bond donors (Lipinski definition) is 1. The van der Waals surface area contributed by atoms with E-state index in [2.05, 4.69) is 5.32 Å². The minimum atomic E-state index is 0. The molecule has 24 heavy (non-hydrogen) atoms. The van der Waals surface area contributed by atoms with E-state index in [-0.39, 0.29) is 19.0 Å². The Morgan fingerprint density at radius 3 is 2.38 bits per heavy atom. The van der Waals surface area contributed by atoms with Gasteiger partial charge in [-0.15, -0.1) is 12.4 Å². The maximum atomic E-state index is 6.35. The highest BCUT2D eigenvalue weighted by Gasteiger charge is 2.13. The Labute approximate surface area is 163 Å². The first kappa shape index (κ1) is 21.2. The second-order valence-corrected chi connectivity index (χ2v) is 6.14. The van der Waals surface area contributed by atoms with Gasteiger partial charge >= 0.3 is 0 Å². The summed E-state index contributed by atoms with van der Waals surface area (Å²) in [7, 11) is 1.88. The lowest BCUT2D eigenvalue weighted by Gasteiger charge is -2.16. The van der Waals surface area contributed by atoms with E-state index in [1.165, 1.54) is 0 Å². The van der Waals surface area contributed by atoms with Gasteiger partial charge in [0.1, 0.15) is 6.61 Å². The van der Waals surface area contributed by atoms with Gasteiger partial charge in [-0.25, -0.2) is 0 Å². The van der Waals surface area contributed by atoms with Gasteiger partial charge in [0.15, 0.2) is 11.5 Å². The third kappa shape index (κ3) is 5.61. The summed E-state index contributed by atoms with van der Waals surface area (Å²) in [6.07, 6.45) is 0. The van der Waals surface area contributed by atoms with E-state index in [0.717, 1.165) is 11.1 Å². The molecule has 0 saturated carbocycles. The van der Waals surface area contributed by atoms with Crippen LogP contribution in [0.5, 0.6) is 11.5 Å². The zero-order valence-corrected chi connectivity index (χ0v) is 16.5. The summed E-state index contributed by atoms with van der Waals surface area (Å²) in [6.45, 7) is 3.42. The van der Waals surface area contributed by atoms with E-state index in [0.29, 0.717) is 39.7 Å². The minimum absolute atomic E-state index is 0. The zero-order valence-electron chi connectivity index (χ0n) is 13.4. The van der Waals surface area contributed by atoms with Gasteiger partial charge in [0.25, 0.3) is 0 Å². The van der Waals surface area contributed by atoms with Crippen LogP contribution in [-0.4, -0.2) is 13.7 Å². The first-order chi connectivity index (χ1) is 11.0. The maximum Gasteiger partial charge on any atom is 0.180 e. The predicted molar refractivity (Wildman–Crippen MR) is 103 cm³/mol. The van der Waals surface area contributed by atoms with Gasteiger partial charge in [0.05, 0.1) is 11.6 Å². The number of rotatable bonds is 7. The lowest BCUT2D eigenvalue weighted by Crippen LogP contribution is -2.07. The Hall–Kier alpha value is -0.840. The lowest BCUT2D eigenvalue weighted by molar-refractivity contribution is 0.269. The molecule has 0 amide bonds. The van der Waals surface area contributed by atoms with Crippen molar-refractivity contribution in [1.82, 2.24) is 5.32 Å². The van der Waals surface area contributed by atoms with Crippen molar-refractivity contribution in [1.29, 1.82) is 0 Å². The van der Waals surface area contributed by atoms with Crippen LogP contribution in [0.2, 0.25) is 15.1 Å². The molecule has 3 nitrogen and oxygen atoms in total. The molecule has 7 heteroatoms. The van der Waals surface area contributed by atoms with E-state index >= 15 is 0 Å². The van der Waals surface area contributed by atoms with Crippen LogP contribution in [-0.2, 0) is 13.2 Å². The van der Waals surface area contributed by atoms with Crippen LogP contribution in [0.1, 0.15) is 18.1 Å². The van der Waals surface area contributed by atoms with Crippen molar-refractivity contribution >= 4 is 47.2 Å². The first-order valence-electron chi connectivity index (χ1n) is 7.21. The van der Waals surface area contributed by atoms with Gasteiger partial charge in [-0.1, -0.05) is 40.9 Å². The molecule has 0 aliphatic rings. The topological polar surface area (TPSA) is 30.5 Å². The Kier molecular flexibility index (Phi) is 9.03. The highest BCUT2D eigenvalue weighted by molar-refractivity contribution is 6.35. The van der Waals surface area contributed by atoms with E-state index in [4.69, 9.17) is 44.3 Å². The van der Waals surface area contributed by atoms with Crippen molar-refractivity contribution in [3.05, 3.63) is 56.5 Å². The van der Waals surface area contributed by atoms with E-state index in [1.54, 1.807) is 12.1 Å². The van der Waals surface area contributed by atoms with Crippen LogP contribution < -0.4 is 14.8 Å². The lowest BCUT2D eigenvalue weighted by atomic mass is 10.2. The Morgan fingerprint density at radius 2 is 1.75 bits per heavy atom. The van der Waals surface area contributed by atoms with Gasteiger partial charge in [-0.2, -0.15) is 0 Å². The second-order valence-electron chi connectivity index (χ2n) is 4.89. The van der Waals surface area contributed by atoms with Crippen molar-refractivity contribution in [3.63, 3.8) is 0 Å². The molecular weight excluding hydrogens is 392 g/mol. The quantitative estimate of drug-likeness (QED) is 0.628. The van der Waals surface area contributed by atoms with Crippen molar-refractivity contribution in [3.8, 4) is 11.5 Å². The fourth-order valence-electron chi connectivity index (χ4n) is 2.12. The molecule has 0 atom stereocenters. The van der Waals surface area contributed by atoms with Gasteiger partial charge in [0.2, 0.25) is 0 Å². The summed E-state index contributed by atoms with van der Waals surface area (Å²) in [5.74, 6) is 1.13. The van der Waals surface area contributed by atoms with Crippen molar-refractivity contribution in [2.45, 2.75) is 20.1 Å². The molecule has 2 aromatic carbocycles. The first-order valence-corrected chi connectivity index (χ1v) is 8.35. The SMILES string of the molecule is CCOc1cc(CNC)cc(Cl)c1OCc1ccc(Cl)cc1Cl.Cl. The van der Waals surface area contributed by atoms with Crippen LogP contribution in [0.4, 0.5) is 0 Å². The van der Waals surface area contributed by atoms with Crippen molar-refractivity contribution < 1.29 is 9.47 Å². The summed E-state index contributed by atoms with van der Waals surface area (Å²) >= 11 is 18.4. The molecule has 132 valence electrons. The van der Waals surface area contributed by atoms with Crippen LogP contribution in [0, 0.1) is 0 Å². The van der Waals surface area contributed by atoms with Gasteiger partial charge < -0.3 is 14.8 Å². The maximum absolute atomic E-state index is 6.35. The third-order valence-corrected chi connectivity index (χ3v) is 4.00. The molecule has 0 bridgehead atoms. The molecule has 0 heterocycles. The Balaban J connectivity index is 0.00000288. The molecule has 0 radical (unpaired) electrons. The number of ether oxygens (including phenoxy) is 2. The number of benzene rings is 2. The van der Waals surface area contributed by atoms with Gasteiger partial charge in [-0.05, 0) is 43.8 Å². The molecule has 1 N–H and O–H groups in total. The van der Waals surface area contributed by atoms with Crippen LogP contribution >= 0.6 is 47.2 Å². The number of nitrogens with one attached hydrogen (secondary N) is 1. The predicted octanol–water partition coefficient (Wildman–Crippen LogP) is 5.77. The summed E-state index contributed by atoms with van der Waals surface area (Å²) in [4.78, 5) is 0. The molecule has 0 spiro atoms. The van der Waals surface area contributed by atoms with Gasteiger partial charge in [0, 0.05) is 22.2 Å². The molecule has 0 unspecified atom stereocenters. The summed E-state index contributed by atoms with van der Waals surface area (Å²) in [6, 6.07) is 9.06. The molecule has 0 saturated heterocycles. The van der Waals surface area contributed by atoms with E-state index in [9.17, 15) is 0 Å². The average Bonchev–Trinajstić information content (AvgIpc) is 2.49. The molecule has 0 aliphatic heterocycles. The highest BCUT2D eigenvalue weighted by Crippen LogP contribution is 2.37. The number of halogens is 4. The highest BCUT2D eigenvalue weighted by atomic mass is 35.5. The minimum Gasteiger partial charge on any atom is -0.490 e. The molecule has 0 aliphatic carbocycles. The Bertz CT molecular complexity index is 680. The van der Waals surface area contributed by atoms with Crippen molar-refractivity contribution in [2.75, 3.05) is 13.7 Å². The number of hydrogen-bond acceptors (Lipinski definition) is 3. The molecule has 0 fully saturated rings. The van der Waals surface area contributed by atoms with E-state index in [1.807, 2.05) is 32.2 Å². The van der Waals surface area contributed by atoms with Crippen molar-refractivity contribution in [2.24, 2.45) is 0 Å². The van der Waals surface area contributed by atoms with E-state index < -0.39 is 0 Å². The summed E-state index contributed by atoms with van der Waals surface area (Å²) in [5, 5.41) is 4.73. The Morgan fingerprint density at radius 1 is 1.00 bits per heavy atom. The smallest absolute Gasteiger partial charge is 0.180 e. The summed E-state index contributed by atoms with van der Waals surface area (Å²) in [5.41, 5.74) is 1.85. The summed E-state index contributed by atoms with van der Waals surface area (Å²) < 4.78 is 11.5. The fourth-order valence-corrected chi connectivity index (χ4v) is 2.87. The normalized spacial score (nSPS) is 10.2. The molecular formula is C17H19Cl4NO2. The van der Waals surface area contributed by atoms with Crippen LogP contribution in [0.3, 0.4) is 0 Å².